The Morgan fingerprint density at radius 1 is 1.00 bits per heavy atom. The van der Waals surface area contributed by atoms with Gasteiger partial charge in [-0.2, -0.15) is 0 Å². The number of carbonyl (C=O) groups excluding carboxylic acids is 1. The van der Waals surface area contributed by atoms with Gasteiger partial charge in [0.15, 0.2) is 0 Å². The van der Waals surface area contributed by atoms with Crippen molar-refractivity contribution >= 4 is 16.8 Å². The Kier molecular flexibility index (Phi) is 7.39. The summed E-state index contributed by atoms with van der Waals surface area (Å²) in [5, 5.41) is 0.527. The average molecular weight is 472 g/mol. The summed E-state index contributed by atoms with van der Waals surface area (Å²) < 4.78 is 15.2. The second-order valence-corrected chi connectivity index (χ2v) is 8.64. The highest BCUT2D eigenvalue weighted by atomic mass is 19.1. The number of fused-ring (bicyclic) bond motifs is 1. The van der Waals surface area contributed by atoms with Crippen LogP contribution < -0.4 is 5.56 Å². The van der Waals surface area contributed by atoms with Crippen molar-refractivity contribution in [3.63, 3.8) is 0 Å². The van der Waals surface area contributed by atoms with Gasteiger partial charge in [0.25, 0.3) is 11.5 Å². The molecule has 1 amide bonds. The van der Waals surface area contributed by atoms with E-state index < -0.39 is 11.9 Å². The van der Waals surface area contributed by atoms with Crippen LogP contribution in [0.5, 0.6) is 0 Å². The van der Waals surface area contributed by atoms with Gasteiger partial charge in [0.05, 0.1) is 22.6 Å². The van der Waals surface area contributed by atoms with Crippen LogP contribution >= 0.6 is 0 Å². The van der Waals surface area contributed by atoms with E-state index >= 15 is 0 Å². The molecule has 0 saturated carbocycles. The maximum absolute atomic E-state index is 13.8. The average Bonchev–Trinajstić information content (AvgIpc) is 2.89. The molecular formula is C29H30FN3O2. The first-order valence-electron chi connectivity index (χ1n) is 12.1. The predicted octanol–water partition coefficient (Wildman–Crippen LogP) is 6.09. The van der Waals surface area contributed by atoms with Gasteiger partial charge in [0.2, 0.25) is 0 Å². The van der Waals surface area contributed by atoms with Crippen LogP contribution in [0.25, 0.3) is 16.6 Å². The molecule has 0 radical (unpaired) electrons. The number of rotatable bonds is 8. The van der Waals surface area contributed by atoms with Gasteiger partial charge in [-0.05, 0) is 67.8 Å². The quantitative estimate of drug-likeness (QED) is 0.312. The van der Waals surface area contributed by atoms with Crippen molar-refractivity contribution in [2.45, 2.75) is 46.1 Å². The SMILES string of the molecule is CCCCN(C(=O)c1ccc(F)cc1)C(C)c1nc2ccccc2c(=O)n1-c1ccccc1CC. The second kappa shape index (κ2) is 10.6. The van der Waals surface area contributed by atoms with E-state index in [1.165, 1.54) is 24.3 Å². The molecule has 3 aromatic carbocycles. The molecule has 0 bridgehead atoms. The van der Waals surface area contributed by atoms with Crippen molar-refractivity contribution in [3.8, 4) is 5.69 Å². The molecule has 0 N–H and O–H groups in total. The molecule has 0 aliphatic rings. The minimum absolute atomic E-state index is 0.164. The van der Waals surface area contributed by atoms with Crippen molar-refractivity contribution in [2.24, 2.45) is 0 Å². The zero-order chi connectivity index (χ0) is 24.9. The third kappa shape index (κ3) is 4.87. The van der Waals surface area contributed by atoms with Crippen LogP contribution in [0.3, 0.4) is 0 Å². The summed E-state index contributed by atoms with van der Waals surface area (Å²) in [5.74, 6) is -0.110. The molecule has 6 heteroatoms. The third-order valence-corrected chi connectivity index (χ3v) is 6.36. The van der Waals surface area contributed by atoms with E-state index in [4.69, 9.17) is 4.98 Å². The highest BCUT2D eigenvalue weighted by Crippen LogP contribution is 2.26. The van der Waals surface area contributed by atoms with Crippen molar-refractivity contribution in [1.82, 2.24) is 14.5 Å². The fourth-order valence-electron chi connectivity index (χ4n) is 4.39. The fraction of sp³-hybridized carbons (Fsp3) is 0.276. The first-order chi connectivity index (χ1) is 17.0. The van der Waals surface area contributed by atoms with Crippen LogP contribution in [-0.4, -0.2) is 26.9 Å². The zero-order valence-electron chi connectivity index (χ0n) is 20.4. The summed E-state index contributed by atoms with van der Waals surface area (Å²) in [5.41, 5.74) is 2.62. The van der Waals surface area contributed by atoms with Gasteiger partial charge in [-0.3, -0.25) is 14.2 Å². The smallest absolute Gasteiger partial charge is 0.266 e. The largest absolute Gasteiger partial charge is 0.329 e. The Bertz CT molecular complexity index is 1400. The molecule has 4 aromatic rings. The van der Waals surface area contributed by atoms with Gasteiger partial charge in [-0.15, -0.1) is 0 Å². The first kappa shape index (κ1) is 24.3. The first-order valence-corrected chi connectivity index (χ1v) is 12.1. The molecule has 4 rings (SSSR count). The molecule has 1 atom stereocenters. The van der Waals surface area contributed by atoms with Crippen molar-refractivity contribution in [2.75, 3.05) is 6.54 Å². The minimum Gasteiger partial charge on any atom is -0.329 e. The van der Waals surface area contributed by atoms with E-state index in [1.807, 2.05) is 56.3 Å². The molecule has 0 aliphatic heterocycles. The number of amides is 1. The standard InChI is InChI=1S/C29H30FN3O2/c1-4-6-19-32(28(34)22-15-17-23(30)18-16-22)20(3)27-31-25-13-9-8-12-24(25)29(35)33(27)26-14-10-7-11-21(26)5-2/h7-18,20H,4-6,19H2,1-3H3. The van der Waals surface area contributed by atoms with E-state index in [0.717, 1.165) is 30.5 Å². The highest BCUT2D eigenvalue weighted by molar-refractivity contribution is 5.94. The molecule has 1 unspecified atom stereocenters. The Morgan fingerprint density at radius 2 is 1.69 bits per heavy atom. The van der Waals surface area contributed by atoms with Crippen LogP contribution in [0.1, 0.15) is 61.4 Å². The molecular weight excluding hydrogens is 441 g/mol. The van der Waals surface area contributed by atoms with Crippen LogP contribution in [0.4, 0.5) is 4.39 Å². The number of aryl methyl sites for hydroxylation is 1. The van der Waals surface area contributed by atoms with Crippen molar-refractivity contribution in [3.05, 3.63) is 106 Å². The molecule has 1 aromatic heterocycles. The molecule has 0 spiro atoms. The number of benzene rings is 3. The van der Waals surface area contributed by atoms with Crippen LogP contribution in [0, 0.1) is 5.82 Å². The molecule has 5 nitrogen and oxygen atoms in total. The van der Waals surface area contributed by atoms with E-state index in [1.54, 1.807) is 15.5 Å². The summed E-state index contributed by atoms with van der Waals surface area (Å²) in [6.45, 7) is 6.50. The van der Waals surface area contributed by atoms with E-state index in [2.05, 4.69) is 6.92 Å². The lowest BCUT2D eigenvalue weighted by molar-refractivity contribution is 0.0678. The Hall–Kier alpha value is -3.80. The van der Waals surface area contributed by atoms with Gasteiger partial charge in [0.1, 0.15) is 11.6 Å². The normalized spacial score (nSPS) is 12.0. The maximum atomic E-state index is 13.8. The highest BCUT2D eigenvalue weighted by Gasteiger charge is 2.28. The third-order valence-electron chi connectivity index (χ3n) is 6.36. The summed E-state index contributed by atoms with van der Waals surface area (Å²) >= 11 is 0. The number of para-hydroxylation sites is 2. The molecule has 180 valence electrons. The number of hydrogen-bond acceptors (Lipinski definition) is 3. The lowest BCUT2D eigenvalue weighted by Gasteiger charge is -2.31. The number of halogens is 1. The minimum atomic E-state index is -0.499. The zero-order valence-corrected chi connectivity index (χ0v) is 20.4. The summed E-state index contributed by atoms with van der Waals surface area (Å²) in [6, 6.07) is 20.1. The number of hydrogen-bond donors (Lipinski definition) is 0. The van der Waals surface area contributed by atoms with Crippen LogP contribution in [0.2, 0.25) is 0 Å². The predicted molar refractivity (Wildman–Crippen MR) is 137 cm³/mol. The Labute approximate surface area is 204 Å². The number of aromatic nitrogens is 2. The van der Waals surface area contributed by atoms with Crippen molar-refractivity contribution < 1.29 is 9.18 Å². The summed E-state index contributed by atoms with van der Waals surface area (Å²) in [4.78, 5) is 34.0. The van der Waals surface area contributed by atoms with Crippen molar-refractivity contribution in [1.29, 1.82) is 0 Å². The number of nitrogens with zero attached hydrogens (tertiary/aromatic N) is 3. The topological polar surface area (TPSA) is 55.2 Å². The van der Waals surface area contributed by atoms with Crippen LogP contribution in [0.15, 0.2) is 77.6 Å². The van der Waals surface area contributed by atoms with E-state index in [-0.39, 0.29) is 11.5 Å². The van der Waals surface area contributed by atoms with Gasteiger partial charge >= 0.3 is 0 Å². The van der Waals surface area contributed by atoms with E-state index in [0.29, 0.717) is 28.8 Å². The molecule has 0 aliphatic carbocycles. The molecule has 35 heavy (non-hydrogen) atoms. The Balaban J connectivity index is 1.92. The lowest BCUT2D eigenvalue weighted by Crippen LogP contribution is -2.38. The summed E-state index contributed by atoms with van der Waals surface area (Å²) in [6.07, 6.45) is 2.44. The Morgan fingerprint density at radius 3 is 2.40 bits per heavy atom. The van der Waals surface area contributed by atoms with Gasteiger partial charge in [0, 0.05) is 12.1 Å². The van der Waals surface area contributed by atoms with E-state index in [9.17, 15) is 14.0 Å². The number of carbonyl (C=O) groups is 1. The molecule has 1 heterocycles. The van der Waals surface area contributed by atoms with Gasteiger partial charge in [-0.1, -0.05) is 50.6 Å². The number of unbranched alkanes of at least 4 members (excludes halogenated alkanes) is 1. The lowest BCUT2D eigenvalue weighted by atomic mass is 10.1. The van der Waals surface area contributed by atoms with Crippen LogP contribution in [-0.2, 0) is 6.42 Å². The van der Waals surface area contributed by atoms with Gasteiger partial charge < -0.3 is 4.90 Å². The molecule has 0 saturated heterocycles. The maximum Gasteiger partial charge on any atom is 0.266 e. The monoisotopic (exact) mass is 471 g/mol. The van der Waals surface area contributed by atoms with Gasteiger partial charge in [-0.25, -0.2) is 9.37 Å². The fourth-order valence-corrected chi connectivity index (χ4v) is 4.39. The molecule has 0 fully saturated rings. The summed E-state index contributed by atoms with van der Waals surface area (Å²) in [7, 11) is 0. The second-order valence-electron chi connectivity index (χ2n) is 8.64.